The average molecular weight is 296 g/mol. The highest BCUT2D eigenvalue weighted by molar-refractivity contribution is 9.10. The highest BCUT2D eigenvalue weighted by Crippen LogP contribution is 2.57. The predicted molar refractivity (Wildman–Crippen MR) is 71.7 cm³/mol. The van der Waals surface area contributed by atoms with Gasteiger partial charge in [0, 0.05) is 23.2 Å². The first kappa shape index (κ1) is 11.7. The van der Waals surface area contributed by atoms with Crippen molar-refractivity contribution in [3.63, 3.8) is 0 Å². The second-order valence-electron chi connectivity index (χ2n) is 5.63. The fourth-order valence-corrected chi connectivity index (χ4v) is 3.69. The molecule has 1 saturated heterocycles. The molecule has 1 aliphatic carbocycles. The summed E-state index contributed by atoms with van der Waals surface area (Å²) in [5.41, 5.74) is 8.17. The normalized spacial score (nSPS) is 25.5. The first-order chi connectivity index (χ1) is 8.12. The highest BCUT2D eigenvalue weighted by Gasteiger charge is 2.53. The van der Waals surface area contributed by atoms with E-state index in [1.807, 2.05) is 0 Å². The van der Waals surface area contributed by atoms with Crippen molar-refractivity contribution in [1.82, 2.24) is 0 Å². The van der Waals surface area contributed by atoms with Crippen LogP contribution in [0.5, 0.6) is 0 Å². The van der Waals surface area contributed by atoms with Crippen molar-refractivity contribution < 1.29 is 4.74 Å². The van der Waals surface area contributed by atoms with Gasteiger partial charge in [0.15, 0.2) is 0 Å². The SMILES string of the molecule is NC1(c2ccc(Br)cc2)CC2(CCOCC2)C1. The topological polar surface area (TPSA) is 35.2 Å². The highest BCUT2D eigenvalue weighted by atomic mass is 79.9. The van der Waals surface area contributed by atoms with E-state index in [0.717, 1.165) is 30.5 Å². The maximum absolute atomic E-state index is 6.52. The van der Waals surface area contributed by atoms with Crippen LogP contribution in [0, 0.1) is 5.41 Å². The molecule has 0 aromatic heterocycles. The molecule has 0 radical (unpaired) electrons. The summed E-state index contributed by atoms with van der Waals surface area (Å²) in [6.45, 7) is 1.83. The van der Waals surface area contributed by atoms with Crippen molar-refractivity contribution in [3.8, 4) is 0 Å². The second-order valence-corrected chi connectivity index (χ2v) is 6.54. The van der Waals surface area contributed by atoms with Gasteiger partial charge in [-0.05, 0) is 48.8 Å². The Morgan fingerprint density at radius 3 is 2.24 bits per heavy atom. The summed E-state index contributed by atoms with van der Waals surface area (Å²) in [5.74, 6) is 0. The molecule has 17 heavy (non-hydrogen) atoms. The van der Waals surface area contributed by atoms with E-state index in [1.54, 1.807) is 0 Å². The van der Waals surface area contributed by atoms with Gasteiger partial charge in [-0.15, -0.1) is 0 Å². The maximum Gasteiger partial charge on any atom is 0.0471 e. The molecule has 1 aliphatic heterocycles. The van der Waals surface area contributed by atoms with Crippen molar-refractivity contribution >= 4 is 15.9 Å². The van der Waals surface area contributed by atoms with Gasteiger partial charge in [0.2, 0.25) is 0 Å². The molecule has 1 saturated carbocycles. The van der Waals surface area contributed by atoms with Crippen LogP contribution < -0.4 is 5.73 Å². The van der Waals surface area contributed by atoms with Crippen LogP contribution in [-0.2, 0) is 10.3 Å². The molecule has 1 aromatic carbocycles. The van der Waals surface area contributed by atoms with Gasteiger partial charge in [0.1, 0.15) is 0 Å². The van der Waals surface area contributed by atoms with Crippen LogP contribution in [0.15, 0.2) is 28.7 Å². The second kappa shape index (κ2) is 4.08. The van der Waals surface area contributed by atoms with E-state index in [2.05, 4.69) is 40.2 Å². The van der Waals surface area contributed by atoms with Crippen LogP contribution in [0.2, 0.25) is 0 Å². The third-order valence-electron chi connectivity index (χ3n) is 4.35. The fraction of sp³-hybridized carbons (Fsp3) is 0.571. The number of hydrogen-bond acceptors (Lipinski definition) is 2. The van der Waals surface area contributed by atoms with E-state index in [4.69, 9.17) is 10.5 Å². The zero-order valence-electron chi connectivity index (χ0n) is 9.92. The Morgan fingerprint density at radius 1 is 1.06 bits per heavy atom. The summed E-state index contributed by atoms with van der Waals surface area (Å²) < 4.78 is 6.56. The monoisotopic (exact) mass is 295 g/mol. The molecule has 2 fully saturated rings. The van der Waals surface area contributed by atoms with Gasteiger partial charge in [0.25, 0.3) is 0 Å². The minimum atomic E-state index is -0.0992. The van der Waals surface area contributed by atoms with Crippen molar-refractivity contribution in [2.24, 2.45) is 11.1 Å². The Kier molecular flexibility index (Phi) is 2.80. The first-order valence-corrected chi connectivity index (χ1v) is 7.04. The summed E-state index contributed by atoms with van der Waals surface area (Å²) in [5, 5.41) is 0. The van der Waals surface area contributed by atoms with Crippen molar-refractivity contribution in [3.05, 3.63) is 34.3 Å². The lowest BCUT2D eigenvalue weighted by atomic mass is 9.52. The molecular formula is C14H18BrNO. The van der Waals surface area contributed by atoms with Crippen molar-refractivity contribution in [2.45, 2.75) is 31.2 Å². The Bertz CT molecular complexity index is 401. The predicted octanol–water partition coefficient (Wildman–Crippen LogP) is 3.19. The largest absolute Gasteiger partial charge is 0.381 e. The van der Waals surface area contributed by atoms with E-state index in [9.17, 15) is 0 Å². The van der Waals surface area contributed by atoms with Crippen LogP contribution >= 0.6 is 15.9 Å². The third kappa shape index (κ3) is 2.05. The van der Waals surface area contributed by atoms with Crippen LogP contribution in [0.1, 0.15) is 31.2 Å². The summed E-state index contributed by atoms with van der Waals surface area (Å²) >= 11 is 3.46. The van der Waals surface area contributed by atoms with Gasteiger partial charge in [-0.2, -0.15) is 0 Å². The zero-order valence-corrected chi connectivity index (χ0v) is 11.5. The summed E-state index contributed by atoms with van der Waals surface area (Å²) in [7, 11) is 0. The molecule has 0 unspecified atom stereocenters. The van der Waals surface area contributed by atoms with Gasteiger partial charge < -0.3 is 10.5 Å². The van der Waals surface area contributed by atoms with Gasteiger partial charge in [-0.1, -0.05) is 28.1 Å². The number of hydrogen-bond donors (Lipinski definition) is 1. The lowest BCUT2D eigenvalue weighted by Gasteiger charge is -2.56. The molecule has 0 amide bonds. The molecule has 3 rings (SSSR count). The molecule has 0 bridgehead atoms. The third-order valence-corrected chi connectivity index (χ3v) is 4.88. The quantitative estimate of drug-likeness (QED) is 0.864. The van der Waals surface area contributed by atoms with Gasteiger partial charge in [-0.25, -0.2) is 0 Å². The van der Waals surface area contributed by atoms with E-state index in [0.29, 0.717) is 5.41 Å². The summed E-state index contributed by atoms with van der Waals surface area (Å²) in [6, 6.07) is 8.46. The van der Waals surface area contributed by atoms with E-state index >= 15 is 0 Å². The summed E-state index contributed by atoms with van der Waals surface area (Å²) in [4.78, 5) is 0. The number of rotatable bonds is 1. The Labute approximate surface area is 111 Å². The molecule has 3 heteroatoms. The zero-order chi connectivity index (χ0) is 11.9. The Hall–Kier alpha value is -0.380. The molecule has 0 atom stereocenters. The summed E-state index contributed by atoms with van der Waals surface area (Å²) in [6.07, 6.45) is 4.60. The number of halogens is 1. The lowest BCUT2D eigenvalue weighted by Crippen LogP contribution is -2.57. The molecule has 1 aromatic rings. The molecule has 2 nitrogen and oxygen atoms in total. The molecular weight excluding hydrogens is 278 g/mol. The van der Waals surface area contributed by atoms with Gasteiger partial charge in [-0.3, -0.25) is 0 Å². The molecule has 2 N–H and O–H groups in total. The Balaban J connectivity index is 1.75. The minimum Gasteiger partial charge on any atom is -0.381 e. The fourth-order valence-electron chi connectivity index (χ4n) is 3.43. The van der Waals surface area contributed by atoms with Crippen LogP contribution in [-0.4, -0.2) is 13.2 Å². The number of nitrogens with two attached hydrogens (primary N) is 1. The van der Waals surface area contributed by atoms with Crippen molar-refractivity contribution in [1.29, 1.82) is 0 Å². The van der Waals surface area contributed by atoms with Crippen LogP contribution in [0.3, 0.4) is 0 Å². The molecule has 1 heterocycles. The Morgan fingerprint density at radius 2 is 1.65 bits per heavy atom. The van der Waals surface area contributed by atoms with E-state index in [-0.39, 0.29) is 5.54 Å². The maximum atomic E-state index is 6.52. The first-order valence-electron chi connectivity index (χ1n) is 6.25. The standard InChI is InChI=1S/C14H18BrNO/c15-12-3-1-11(2-4-12)14(16)9-13(10-14)5-7-17-8-6-13/h1-4H,5-10,16H2. The molecule has 2 aliphatic rings. The molecule has 92 valence electrons. The average Bonchev–Trinajstić information content (AvgIpc) is 2.29. The van der Waals surface area contributed by atoms with Gasteiger partial charge >= 0.3 is 0 Å². The smallest absolute Gasteiger partial charge is 0.0471 e. The van der Waals surface area contributed by atoms with E-state index < -0.39 is 0 Å². The molecule has 1 spiro atoms. The van der Waals surface area contributed by atoms with Crippen LogP contribution in [0.25, 0.3) is 0 Å². The number of benzene rings is 1. The van der Waals surface area contributed by atoms with Crippen molar-refractivity contribution in [2.75, 3.05) is 13.2 Å². The minimum absolute atomic E-state index is 0.0992. The lowest BCUT2D eigenvalue weighted by molar-refractivity contribution is -0.0725. The van der Waals surface area contributed by atoms with Gasteiger partial charge in [0.05, 0.1) is 0 Å². The van der Waals surface area contributed by atoms with Crippen LogP contribution in [0.4, 0.5) is 0 Å². The number of ether oxygens (including phenoxy) is 1. The van der Waals surface area contributed by atoms with E-state index in [1.165, 1.54) is 18.4 Å².